The smallest absolute Gasteiger partial charge is 0.268 e. The second-order valence-electron chi connectivity index (χ2n) is 8.14. The molecule has 3 rings (SSSR count). The number of carbonyl (C=O) groups is 1. The second-order valence-corrected chi connectivity index (χ2v) is 15.6. The molecule has 0 spiro atoms. The van der Waals surface area contributed by atoms with Crippen LogP contribution < -0.4 is 9.46 Å². The van der Waals surface area contributed by atoms with E-state index in [0.29, 0.717) is 17.9 Å². The SMILES string of the molecule is Cc1nn(C)cc1S(=O)(=O)NC(=O)c1ccc(-n2ccc(OC[Si](C)(C)C)n2)nc1Cl. The first-order valence-corrected chi connectivity index (χ1v) is 14.9. The molecular weight excluding hydrogens is 460 g/mol. The van der Waals surface area contributed by atoms with E-state index < -0.39 is 24.0 Å². The molecule has 3 aromatic heterocycles. The number of amides is 1. The number of aromatic nitrogens is 5. The average molecular weight is 483 g/mol. The molecule has 0 aliphatic heterocycles. The molecule has 31 heavy (non-hydrogen) atoms. The highest BCUT2D eigenvalue weighted by molar-refractivity contribution is 7.90. The summed E-state index contributed by atoms with van der Waals surface area (Å²) in [6, 6.07) is 4.60. The zero-order valence-electron chi connectivity index (χ0n) is 17.7. The highest BCUT2D eigenvalue weighted by atomic mass is 35.5. The van der Waals surface area contributed by atoms with Gasteiger partial charge in [0, 0.05) is 25.5 Å². The first-order chi connectivity index (χ1) is 14.4. The number of hydrogen-bond donors (Lipinski definition) is 1. The number of ether oxygens (including phenoxy) is 1. The molecule has 13 heteroatoms. The summed E-state index contributed by atoms with van der Waals surface area (Å²) in [4.78, 5) is 16.6. The van der Waals surface area contributed by atoms with Gasteiger partial charge in [-0.15, -0.1) is 5.10 Å². The van der Waals surface area contributed by atoms with Gasteiger partial charge in [-0.25, -0.2) is 22.8 Å². The summed E-state index contributed by atoms with van der Waals surface area (Å²) in [6.07, 6.45) is 3.60. The minimum Gasteiger partial charge on any atom is -0.480 e. The summed E-state index contributed by atoms with van der Waals surface area (Å²) < 4.78 is 35.5. The predicted octanol–water partition coefficient (Wildman–Crippen LogP) is 2.34. The summed E-state index contributed by atoms with van der Waals surface area (Å²) in [7, 11) is -3.92. The fourth-order valence-corrected chi connectivity index (χ4v) is 4.60. The Labute approximate surface area is 186 Å². The molecule has 0 saturated carbocycles. The molecule has 0 unspecified atom stereocenters. The van der Waals surface area contributed by atoms with Gasteiger partial charge < -0.3 is 4.74 Å². The molecule has 0 bridgehead atoms. The molecule has 0 fully saturated rings. The summed E-state index contributed by atoms with van der Waals surface area (Å²) in [5, 5.41) is 8.12. The number of carbonyl (C=O) groups excluding carboxylic acids is 1. The van der Waals surface area contributed by atoms with E-state index in [4.69, 9.17) is 16.3 Å². The lowest BCUT2D eigenvalue weighted by molar-refractivity contribution is 0.0981. The monoisotopic (exact) mass is 482 g/mol. The van der Waals surface area contributed by atoms with Crippen LogP contribution >= 0.6 is 11.6 Å². The number of hydrogen-bond acceptors (Lipinski definition) is 7. The molecule has 0 atom stereocenters. The van der Waals surface area contributed by atoms with Crippen molar-refractivity contribution in [2.24, 2.45) is 7.05 Å². The van der Waals surface area contributed by atoms with E-state index in [-0.39, 0.29) is 21.3 Å². The Bertz CT molecular complexity index is 1230. The third-order valence-corrected chi connectivity index (χ3v) is 6.75. The highest BCUT2D eigenvalue weighted by Gasteiger charge is 2.25. The second kappa shape index (κ2) is 8.44. The van der Waals surface area contributed by atoms with E-state index in [1.165, 1.54) is 34.6 Å². The lowest BCUT2D eigenvalue weighted by Gasteiger charge is -2.14. The first-order valence-electron chi connectivity index (χ1n) is 9.28. The van der Waals surface area contributed by atoms with Gasteiger partial charge in [-0.3, -0.25) is 9.48 Å². The van der Waals surface area contributed by atoms with Crippen molar-refractivity contribution in [3.63, 3.8) is 0 Å². The fourth-order valence-electron chi connectivity index (χ4n) is 2.60. The molecular formula is C18H23ClN6O4SSi. The van der Waals surface area contributed by atoms with Crippen molar-refractivity contribution >= 4 is 35.6 Å². The maximum Gasteiger partial charge on any atom is 0.268 e. The van der Waals surface area contributed by atoms with Crippen molar-refractivity contribution in [2.45, 2.75) is 31.5 Å². The van der Waals surface area contributed by atoms with Crippen LogP contribution in [0.4, 0.5) is 0 Å². The first kappa shape index (κ1) is 23.0. The van der Waals surface area contributed by atoms with E-state index >= 15 is 0 Å². The minimum atomic E-state index is -4.11. The molecule has 0 aliphatic rings. The normalized spacial score (nSPS) is 12.1. The van der Waals surface area contributed by atoms with Crippen LogP contribution in [-0.4, -0.2) is 53.2 Å². The Morgan fingerprint density at radius 1 is 1.23 bits per heavy atom. The van der Waals surface area contributed by atoms with Gasteiger partial charge in [-0.2, -0.15) is 5.10 Å². The summed E-state index contributed by atoms with van der Waals surface area (Å²) in [5.41, 5.74) is 0.186. The molecule has 166 valence electrons. The number of sulfonamides is 1. The van der Waals surface area contributed by atoms with Gasteiger partial charge in [0.2, 0.25) is 5.88 Å². The van der Waals surface area contributed by atoms with E-state index in [1.54, 1.807) is 19.3 Å². The standard InChI is InChI=1S/C18H23ClN6O4SSi/c1-12-14(10-24(2)21-12)30(27,28)23-18(26)13-6-7-15(20-17(13)19)25-9-8-16(22-25)29-11-31(3,4)5/h6-10H,11H2,1-5H3,(H,23,26). The molecule has 10 nitrogen and oxygen atoms in total. The Balaban J connectivity index is 1.77. The molecule has 3 heterocycles. The third kappa shape index (κ3) is 5.51. The minimum absolute atomic E-state index is 0.0853. The van der Waals surface area contributed by atoms with Crippen molar-refractivity contribution in [1.29, 1.82) is 0 Å². The van der Waals surface area contributed by atoms with E-state index in [0.717, 1.165) is 0 Å². The van der Waals surface area contributed by atoms with Gasteiger partial charge in [0.05, 0.1) is 25.6 Å². The van der Waals surface area contributed by atoms with Crippen LogP contribution in [0.15, 0.2) is 35.5 Å². The van der Waals surface area contributed by atoms with Crippen molar-refractivity contribution in [1.82, 2.24) is 29.3 Å². The topological polar surface area (TPSA) is 121 Å². The molecule has 0 aliphatic carbocycles. The summed E-state index contributed by atoms with van der Waals surface area (Å²) in [5.74, 6) is -0.0811. The van der Waals surface area contributed by atoms with Crippen LogP contribution in [0.25, 0.3) is 5.82 Å². The van der Waals surface area contributed by atoms with Crippen LogP contribution in [0.3, 0.4) is 0 Å². The Morgan fingerprint density at radius 2 is 1.94 bits per heavy atom. The van der Waals surface area contributed by atoms with Gasteiger partial charge >= 0.3 is 0 Å². The van der Waals surface area contributed by atoms with E-state index in [2.05, 4.69) is 34.8 Å². The Kier molecular flexibility index (Phi) is 6.25. The predicted molar refractivity (Wildman–Crippen MR) is 118 cm³/mol. The molecule has 0 saturated heterocycles. The fraction of sp³-hybridized carbons (Fsp3) is 0.333. The van der Waals surface area contributed by atoms with Gasteiger partial charge in [-0.05, 0) is 19.1 Å². The van der Waals surface area contributed by atoms with Crippen LogP contribution in [0.1, 0.15) is 16.1 Å². The van der Waals surface area contributed by atoms with Gasteiger partial charge in [0.15, 0.2) is 5.82 Å². The Morgan fingerprint density at radius 3 is 2.52 bits per heavy atom. The van der Waals surface area contributed by atoms with Crippen molar-refractivity contribution in [3.05, 3.63) is 47.0 Å². The maximum atomic E-state index is 12.5. The third-order valence-electron chi connectivity index (χ3n) is 4.02. The lowest BCUT2D eigenvalue weighted by atomic mass is 10.3. The van der Waals surface area contributed by atoms with Crippen molar-refractivity contribution in [3.8, 4) is 11.7 Å². The molecule has 3 aromatic rings. The highest BCUT2D eigenvalue weighted by Crippen LogP contribution is 2.19. The van der Waals surface area contributed by atoms with Crippen LogP contribution in [0.2, 0.25) is 24.8 Å². The Hall–Kier alpha value is -2.70. The van der Waals surface area contributed by atoms with E-state index in [9.17, 15) is 13.2 Å². The average Bonchev–Trinajstić information content (AvgIpc) is 3.25. The summed E-state index contributed by atoms with van der Waals surface area (Å²) in [6.45, 7) is 8.09. The zero-order chi connectivity index (χ0) is 23.0. The zero-order valence-corrected chi connectivity index (χ0v) is 20.3. The van der Waals surface area contributed by atoms with E-state index in [1.807, 2.05) is 4.72 Å². The number of aryl methyl sites for hydroxylation is 2. The molecule has 0 radical (unpaired) electrons. The number of nitrogens with one attached hydrogen (secondary N) is 1. The van der Waals surface area contributed by atoms with Gasteiger partial charge in [0.25, 0.3) is 15.9 Å². The molecule has 1 amide bonds. The molecule has 1 N–H and O–H groups in total. The van der Waals surface area contributed by atoms with Crippen molar-refractivity contribution in [2.75, 3.05) is 6.23 Å². The molecule has 0 aromatic carbocycles. The van der Waals surface area contributed by atoms with Gasteiger partial charge in [0.1, 0.15) is 10.0 Å². The summed E-state index contributed by atoms with van der Waals surface area (Å²) >= 11 is 6.16. The van der Waals surface area contributed by atoms with Crippen LogP contribution in [0.5, 0.6) is 5.88 Å². The van der Waals surface area contributed by atoms with Crippen LogP contribution in [-0.2, 0) is 17.1 Å². The van der Waals surface area contributed by atoms with Gasteiger partial charge in [-0.1, -0.05) is 31.2 Å². The number of rotatable bonds is 7. The number of nitrogens with zero attached hydrogens (tertiary/aromatic N) is 5. The van der Waals surface area contributed by atoms with Crippen molar-refractivity contribution < 1.29 is 17.9 Å². The lowest BCUT2D eigenvalue weighted by Crippen LogP contribution is -2.31. The largest absolute Gasteiger partial charge is 0.480 e. The number of pyridine rings is 1. The maximum absolute atomic E-state index is 12.5. The quantitative estimate of drug-likeness (QED) is 0.405. The number of halogens is 1. The van der Waals surface area contributed by atoms with Crippen LogP contribution in [0, 0.1) is 6.92 Å².